The van der Waals surface area contributed by atoms with E-state index >= 15 is 0 Å². The zero-order valence-corrected chi connectivity index (χ0v) is 16.6. The molecule has 0 unspecified atom stereocenters. The van der Waals surface area contributed by atoms with Crippen molar-refractivity contribution < 1.29 is 9.53 Å². The Bertz CT molecular complexity index is 725. The average molecular weight is 388 g/mol. The molecule has 7 nitrogen and oxygen atoms in total. The number of ether oxygens (including phenoxy) is 1. The fourth-order valence-electron chi connectivity index (χ4n) is 2.70. The van der Waals surface area contributed by atoms with Crippen LogP contribution in [0.15, 0.2) is 34.4 Å². The number of thioether (sulfide) groups is 1. The molecule has 27 heavy (non-hydrogen) atoms. The number of unbranched alkanes of at least 4 members (excludes halogenated alkanes) is 2. The SMILES string of the molecule is COc1ccc(C2=NN(CCCCCN=C(NC#N)SC)C(=O)CC2)cc1. The second kappa shape index (κ2) is 11.2. The first-order valence-electron chi connectivity index (χ1n) is 8.93. The number of carbonyl (C=O) groups is 1. The highest BCUT2D eigenvalue weighted by Gasteiger charge is 2.20. The van der Waals surface area contributed by atoms with Crippen LogP contribution in [0, 0.1) is 11.5 Å². The summed E-state index contributed by atoms with van der Waals surface area (Å²) in [6, 6.07) is 7.76. The van der Waals surface area contributed by atoms with Crippen molar-refractivity contribution in [3.8, 4) is 11.9 Å². The number of methoxy groups -OCH3 is 1. The molecular formula is C19H25N5O2S. The summed E-state index contributed by atoms with van der Waals surface area (Å²) in [6.07, 6.45) is 7.65. The minimum Gasteiger partial charge on any atom is -0.497 e. The minimum atomic E-state index is 0.0770. The fraction of sp³-hybridized carbons (Fsp3) is 0.474. The molecule has 1 N–H and O–H groups in total. The molecule has 1 aliphatic rings. The number of amidine groups is 1. The molecule has 1 amide bonds. The van der Waals surface area contributed by atoms with Crippen molar-refractivity contribution >= 4 is 28.5 Å². The molecule has 0 aromatic heterocycles. The number of carbonyl (C=O) groups excluding carboxylic acids is 1. The monoisotopic (exact) mass is 387 g/mol. The lowest BCUT2D eigenvalue weighted by atomic mass is 10.0. The molecule has 8 heteroatoms. The van der Waals surface area contributed by atoms with Crippen LogP contribution in [0.2, 0.25) is 0 Å². The Kier molecular flexibility index (Phi) is 8.65. The third-order valence-electron chi connectivity index (χ3n) is 4.17. The van der Waals surface area contributed by atoms with E-state index in [1.165, 1.54) is 11.8 Å². The summed E-state index contributed by atoms with van der Waals surface area (Å²) in [6.45, 7) is 1.28. The summed E-state index contributed by atoms with van der Waals surface area (Å²) in [5, 5.41) is 17.9. The Balaban J connectivity index is 1.82. The Morgan fingerprint density at radius 1 is 1.33 bits per heavy atom. The smallest absolute Gasteiger partial charge is 0.243 e. The molecule has 0 radical (unpaired) electrons. The van der Waals surface area contributed by atoms with Crippen LogP contribution in [0.5, 0.6) is 5.75 Å². The van der Waals surface area contributed by atoms with Gasteiger partial charge in [-0.05, 0) is 55.3 Å². The van der Waals surface area contributed by atoms with Crippen LogP contribution in [0.3, 0.4) is 0 Å². The summed E-state index contributed by atoms with van der Waals surface area (Å²) in [7, 11) is 1.64. The highest BCUT2D eigenvalue weighted by molar-refractivity contribution is 8.13. The number of nitrogens with one attached hydrogen (secondary N) is 1. The van der Waals surface area contributed by atoms with Gasteiger partial charge >= 0.3 is 0 Å². The van der Waals surface area contributed by atoms with Crippen molar-refractivity contribution in [3.05, 3.63) is 29.8 Å². The number of hydrogen-bond donors (Lipinski definition) is 1. The van der Waals surface area contributed by atoms with Crippen molar-refractivity contribution in [1.29, 1.82) is 5.26 Å². The largest absolute Gasteiger partial charge is 0.497 e. The van der Waals surface area contributed by atoms with E-state index in [-0.39, 0.29) is 5.91 Å². The lowest BCUT2D eigenvalue weighted by Crippen LogP contribution is -2.32. The van der Waals surface area contributed by atoms with Gasteiger partial charge in [-0.2, -0.15) is 10.4 Å². The van der Waals surface area contributed by atoms with E-state index in [0.717, 1.165) is 36.3 Å². The Morgan fingerprint density at radius 2 is 2.11 bits per heavy atom. The second-order valence-corrected chi connectivity index (χ2v) is 6.78. The molecule has 144 valence electrons. The van der Waals surface area contributed by atoms with Crippen LogP contribution in [-0.4, -0.2) is 48.3 Å². The summed E-state index contributed by atoms with van der Waals surface area (Å²) in [5.41, 5.74) is 1.96. The van der Waals surface area contributed by atoms with E-state index in [1.54, 1.807) is 12.1 Å². The van der Waals surface area contributed by atoms with Crippen molar-refractivity contribution in [2.75, 3.05) is 26.5 Å². The number of benzene rings is 1. The van der Waals surface area contributed by atoms with Crippen LogP contribution in [-0.2, 0) is 4.79 Å². The van der Waals surface area contributed by atoms with Gasteiger partial charge in [-0.1, -0.05) is 11.8 Å². The molecule has 0 saturated carbocycles. The standard InChI is InChI=1S/C19H25N5O2S/c1-26-16-8-6-15(7-9-16)17-10-11-18(25)24(23-17)13-5-3-4-12-21-19(27-2)22-14-20/h6-9H,3-5,10-13H2,1-2H3,(H,21,22). The van der Waals surface area contributed by atoms with E-state index < -0.39 is 0 Å². The first kappa shape index (κ1) is 20.8. The average Bonchev–Trinajstić information content (AvgIpc) is 2.71. The van der Waals surface area contributed by atoms with Gasteiger partial charge in [-0.3, -0.25) is 15.1 Å². The van der Waals surface area contributed by atoms with Gasteiger partial charge in [0.15, 0.2) is 11.4 Å². The highest BCUT2D eigenvalue weighted by Crippen LogP contribution is 2.18. The van der Waals surface area contributed by atoms with Crippen molar-refractivity contribution in [2.24, 2.45) is 10.1 Å². The van der Waals surface area contributed by atoms with Crippen LogP contribution in [0.4, 0.5) is 0 Å². The first-order valence-corrected chi connectivity index (χ1v) is 10.2. The second-order valence-electron chi connectivity index (χ2n) is 5.98. The van der Waals surface area contributed by atoms with Gasteiger partial charge in [-0.25, -0.2) is 5.01 Å². The zero-order valence-electron chi connectivity index (χ0n) is 15.8. The van der Waals surface area contributed by atoms with Crippen LogP contribution in [0.1, 0.15) is 37.7 Å². The molecule has 0 spiro atoms. The molecule has 1 aliphatic heterocycles. The number of nitrogens with zero attached hydrogens (tertiary/aromatic N) is 4. The molecule has 1 heterocycles. The lowest BCUT2D eigenvalue weighted by molar-refractivity contribution is -0.131. The third-order valence-corrected chi connectivity index (χ3v) is 4.79. The number of amides is 1. The highest BCUT2D eigenvalue weighted by atomic mass is 32.2. The van der Waals surface area contributed by atoms with Crippen LogP contribution in [0.25, 0.3) is 0 Å². The van der Waals surface area contributed by atoms with Gasteiger partial charge < -0.3 is 4.74 Å². The molecule has 0 saturated heterocycles. The van der Waals surface area contributed by atoms with E-state index in [9.17, 15) is 4.79 Å². The van der Waals surface area contributed by atoms with Gasteiger partial charge in [0.2, 0.25) is 5.91 Å². The summed E-state index contributed by atoms with van der Waals surface area (Å²) in [5.74, 6) is 0.883. The molecular weight excluding hydrogens is 362 g/mol. The Hall–Kier alpha value is -2.53. The molecule has 0 atom stereocenters. The maximum Gasteiger partial charge on any atom is 0.243 e. The van der Waals surface area contributed by atoms with E-state index in [0.29, 0.717) is 31.1 Å². The molecule has 0 aliphatic carbocycles. The van der Waals surface area contributed by atoms with Crippen molar-refractivity contribution in [3.63, 3.8) is 0 Å². The minimum absolute atomic E-state index is 0.0770. The number of aliphatic imine (C=N–C) groups is 1. The predicted molar refractivity (Wildman–Crippen MR) is 109 cm³/mol. The summed E-state index contributed by atoms with van der Waals surface area (Å²) in [4.78, 5) is 16.5. The first-order chi connectivity index (χ1) is 13.2. The van der Waals surface area contributed by atoms with Gasteiger partial charge in [0, 0.05) is 25.9 Å². The number of hydrogen-bond acceptors (Lipinski definition) is 6. The maximum absolute atomic E-state index is 12.1. The topological polar surface area (TPSA) is 90.1 Å². The number of rotatable bonds is 8. The van der Waals surface area contributed by atoms with Gasteiger partial charge in [0.25, 0.3) is 0 Å². The van der Waals surface area contributed by atoms with E-state index in [2.05, 4.69) is 15.4 Å². The maximum atomic E-state index is 12.1. The molecule has 1 aromatic carbocycles. The van der Waals surface area contributed by atoms with Crippen molar-refractivity contribution in [1.82, 2.24) is 10.3 Å². The normalized spacial score (nSPS) is 14.6. The molecule has 2 rings (SSSR count). The van der Waals surface area contributed by atoms with Crippen molar-refractivity contribution in [2.45, 2.75) is 32.1 Å². The Morgan fingerprint density at radius 3 is 2.78 bits per heavy atom. The Labute approximate surface area is 164 Å². The summed E-state index contributed by atoms with van der Waals surface area (Å²) < 4.78 is 5.18. The molecule has 0 fully saturated rings. The number of nitriles is 1. The molecule has 1 aromatic rings. The van der Waals surface area contributed by atoms with Crippen LogP contribution < -0.4 is 10.1 Å². The molecule has 0 bridgehead atoms. The van der Waals surface area contributed by atoms with E-state index in [1.807, 2.05) is 36.7 Å². The number of hydrazone groups is 1. The lowest BCUT2D eigenvalue weighted by Gasteiger charge is -2.23. The fourth-order valence-corrected chi connectivity index (χ4v) is 3.07. The van der Waals surface area contributed by atoms with Crippen LogP contribution >= 0.6 is 11.8 Å². The quantitative estimate of drug-likeness (QED) is 0.243. The zero-order chi connectivity index (χ0) is 19.5. The van der Waals surface area contributed by atoms with Gasteiger partial charge in [-0.15, -0.1) is 0 Å². The summed E-state index contributed by atoms with van der Waals surface area (Å²) >= 11 is 1.42. The third kappa shape index (κ3) is 6.61. The van der Waals surface area contributed by atoms with E-state index in [4.69, 9.17) is 10.00 Å². The predicted octanol–water partition coefficient (Wildman–Crippen LogP) is 2.98. The van der Waals surface area contributed by atoms with Gasteiger partial charge in [0.05, 0.1) is 12.8 Å². The van der Waals surface area contributed by atoms with Gasteiger partial charge in [0.1, 0.15) is 5.75 Å².